The molecule has 148 valence electrons. The summed E-state index contributed by atoms with van der Waals surface area (Å²) in [5.74, 6) is -1.22. The second kappa shape index (κ2) is 7.98. The monoisotopic (exact) mass is 394 g/mol. The minimum Gasteiger partial charge on any atom is -0.481 e. The van der Waals surface area contributed by atoms with E-state index in [9.17, 15) is 18.0 Å². The quantitative estimate of drug-likeness (QED) is 0.826. The fourth-order valence-corrected chi connectivity index (χ4v) is 5.46. The number of piperidine rings is 1. The summed E-state index contributed by atoms with van der Waals surface area (Å²) in [4.78, 5) is 25.8. The number of aliphatic carboxylic acids is 1. The fraction of sp³-hybridized carbons (Fsp3) is 0.579. The SMILES string of the molecule is Cc1ccc(S(=O)(=O)N2CCCCC2)cc1C(=O)N1CCCC1CC(=O)O. The van der Waals surface area contributed by atoms with Gasteiger partial charge < -0.3 is 10.0 Å². The lowest BCUT2D eigenvalue weighted by Gasteiger charge is -2.27. The van der Waals surface area contributed by atoms with Crippen molar-refractivity contribution in [1.29, 1.82) is 0 Å². The lowest BCUT2D eigenvalue weighted by molar-refractivity contribution is -0.137. The summed E-state index contributed by atoms with van der Waals surface area (Å²) in [6.07, 6.45) is 4.06. The van der Waals surface area contributed by atoms with Crippen LogP contribution in [0.1, 0.15) is 54.4 Å². The molecule has 8 heteroatoms. The van der Waals surface area contributed by atoms with Gasteiger partial charge in [-0.15, -0.1) is 0 Å². The first-order valence-corrected chi connectivity index (χ1v) is 10.9. The van der Waals surface area contributed by atoms with Gasteiger partial charge in [-0.05, 0) is 50.3 Å². The van der Waals surface area contributed by atoms with E-state index in [1.807, 2.05) is 0 Å². The molecule has 2 aliphatic heterocycles. The summed E-state index contributed by atoms with van der Waals surface area (Å²) in [6, 6.07) is 4.33. The lowest BCUT2D eigenvalue weighted by Crippen LogP contribution is -2.38. The Hall–Kier alpha value is -1.93. The molecule has 0 aromatic heterocycles. The maximum Gasteiger partial charge on any atom is 0.305 e. The summed E-state index contributed by atoms with van der Waals surface area (Å²) in [6.45, 7) is 3.28. The van der Waals surface area contributed by atoms with Crippen LogP contribution in [0.2, 0.25) is 0 Å². The van der Waals surface area contributed by atoms with Crippen molar-refractivity contribution in [2.75, 3.05) is 19.6 Å². The average Bonchev–Trinajstić information content (AvgIpc) is 3.09. The van der Waals surface area contributed by atoms with Gasteiger partial charge in [-0.2, -0.15) is 4.31 Å². The number of nitrogens with zero attached hydrogens (tertiary/aromatic N) is 2. The zero-order chi connectivity index (χ0) is 19.6. The number of amides is 1. The van der Waals surface area contributed by atoms with E-state index in [0.717, 1.165) is 25.7 Å². The largest absolute Gasteiger partial charge is 0.481 e. The molecular formula is C19H26N2O5S. The molecule has 2 aliphatic rings. The van der Waals surface area contributed by atoms with Crippen molar-refractivity contribution in [3.8, 4) is 0 Å². The first-order valence-electron chi connectivity index (χ1n) is 9.44. The highest BCUT2D eigenvalue weighted by molar-refractivity contribution is 7.89. The number of likely N-dealkylation sites (tertiary alicyclic amines) is 1. The maximum atomic E-state index is 13.0. The van der Waals surface area contributed by atoms with Crippen LogP contribution in [0.15, 0.2) is 23.1 Å². The highest BCUT2D eigenvalue weighted by Crippen LogP contribution is 2.27. The zero-order valence-corrected chi connectivity index (χ0v) is 16.4. The van der Waals surface area contributed by atoms with Gasteiger partial charge in [0.15, 0.2) is 0 Å². The topological polar surface area (TPSA) is 95.0 Å². The number of carbonyl (C=O) groups is 2. The fourth-order valence-electron chi connectivity index (χ4n) is 3.92. The molecule has 2 heterocycles. The second-order valence-corrected chi connectivity index (χ2v) is 9.27. The van der Waals surface area contributed by atoms with Crippen LogP contribution in [-0.4, -0.2) is 60.3 Å². The van der Waals surface area contributed by atoms with E-state index in [1.165, 1.54) is 10.4 Å². The Morgan fingerprint density at radius 2 is 1.81 bits per heavy atom. The predicted molar refractivity (Wildman–Crippen MR) is 100 cm³/mol. The number of hydrogen-bond donors (Lipinski definition) is 1. The first kappa shape index (κ1) is 19.8. The Morgan fingerprint density at radius 1 is 1.11 bits per heavy atom. The number of carboxylic acid groups (broad SMARTS) is 1. The summed E-state index contributed by atoms with van der Waals surface area (Å²) in [5.41, 5.74) is 1.03. The van der Waals surface area contributed by atoms with E-state index in [2.05, 4.69) is 0 Å². The zero-order valence-electron chi connectivity index (χ0n) is 15.6. The highest BCUT2D eigenvalue weighted by Gasteiger charge is 2.33. The lowest BCUT2D eigenvalue weighted by atomic mass is 10.1. The third-order valence-corrected chi connectivity index (χ3v) is 7.34. The van der Waals surface area contributed by atoms with Crippen LogP contribution in [0.4, 0.5) is 0 Å². The average molecular weight is 394 g/mol. The van der Waals surface area contributed by atoms with E-state index < -0.39 is 16.0 Å². The van der Waals surface area contributed by atoms with E-state index in [4.69, 9.17) is 5.11 Å². The Kier molecular flexibility index (Phi) is 5.86. The molecule has 0 spiro atoms. The van der Waals surface area contributed by atoms with Gasteiger partial charge >= 0.3 is 5.97 Å². The van der Waals surface area contributed by atoms with Crippen molar-refractivity contribution in [2.24, 2.45) is 0 Å². The number of sulfonamides is 1. The molecule has 0 aliphatic carbocycles. The van der Waals surface area contributed by atoms with Gasteiger partial charge in [0.1, 0.15) is 0 Å². The van der Waals surface area contributed by atoms with Crippen molar-refractivity contribution in [3.05, 3.63) is 29.3 Å². The van der Waals surface area contributed by atoms with E-state index >= 15 is 0 Å². The van der Waals surface area contributed by atoms with E-state index in [-0.39, 0.29) is 23.3 Å². The molecule has 1 aromatic rings. The molecule has 0 bridgehead atoms. The minimum absolute atomic E-state index is 0.0868. The molecule has 1 atom stereocenters. The molecule has 1 unspecified atom stereocenters. The van der Waals surface area contributed by atoms with Crippen molar-refractivity contribution in [1.82, 2.24) is 9.21 Å². The molecule has 2 fully saturated rings. The summed E-state index contributed by atoms with van der Waals surface area (Å²) < 4.78 is 27.3. The van der Waals surface area contributed by atoms with Gasteiger partial charge in [-0.3, -0.25) is 9.59 Å². The smallest absolute Gasteiger partial charge is 0.305 e. The second-order valence-electron chi connectivity index (χ2n) is 7.33. The molecule has 1 N–H and O–H groups in total. The number of rotatable bonds is 5. The van der Waals surface area contributed by atoms with Gasteiger partial charge in [0.2, 0.25) is 10.0 Å². The molecule has 3 rings (SSSR count). The van der Waals surface area contributed by atoms with E-state index in [0.29, 0.717) is 37.2 Å². The number of carboxylic acids is 1. The summed E-state index contributed by atoms with van der Waals surface area (Å²) in [5, 5.41) is 9.07. The standard InChI is InChI=1S/C19H26N2O5S/c1-14-7-8-16(27(25,26)20-9-3-2-4-10-20)13-17(14)19(24)21-11-5-6-15(21)12-18(22)23/h7-8,13,15H,2-6,9-12H2,1H3,(H,22,23). The summed E-state index contributed by atoms with van der Waals surface area (Å²) in [7, 11) is -3.62. The van der Waals surface area contributed by atoms with Crippen molar-refractivity contribution < 1.29 is 23.1 Å². The number of hydrogen-bond acceptors (Lipinski definition) is 4. The highest BCUT2D eigenvalue weighted by atomic mass is 32.2. The van der Waals surface area contributed by atoms with Gasteiger partial charge in [-0.25, -0.2) is 8.42 Å². The Morgan fingerprint density at radius 3 is 2.48 bits per heavy atom. The molecule has 27 heavy (non-hydrogen) atoms. The van der Waals surface area contributed by atoms with Gasteiger partial charge in [-0.1, -0.05) is 12.5 Å². The third-order valence-electron chi connectivity index (χ3n) is 5.44. The Balaban J connectivity index is 1.89. The van der Waals surface area contributed by atoms with Crippen LogP contribution in [0.25, 0.3) is 0 Å². The number of aryl methyl sites for hydroxylation is 1. The first-order chi connectivity index (χ1) is 12.8. The van der Waals surface area contributed by atoms with Crippen LogP contribution >= 0.6 is 0 Å². The molecule has 1 aromatic carbocycles. The Labute approximate surface area is 160 Å². The van der Waals surface area contributed by atoms with E-state index in [1.54, 1.807) is 24.0 Å². The number of carbonyl (C=O) groups excluding carboxylic acids is 1. The summed E-state index contributed by atoms with van der Waals surface area (Å²) >= 11 is 0. The number of benzene rings is 1. The molecule has 1 amide bonds. The normalized spacial score (nSPS) is 21.4. The molecule has 7 nitrogen and oxygen atoms in total. The van der Waals surface area contributed by atoms with Crippen LogP contribution in [0, 0.1) is 6.92 Å². The van der Waals surface area contributed by atoms with Crippen molar-refractivity contribution in [2.45, 2.75) is 56.4 Å². The minimum atomic E-state index is -3.62. The van der Waals surface area contributed by atoms with Gasteiger partial charge in [0.05, 0.1) is 11.3 Å². The molecule has 0 saturated carbocycles. The van der Waals surface area contributed by atoms with Crippen LogP contribution in [-0.2, 0) is 14.8 Å². The van der Waals surface area contributed by atoms with Crippen LogP contribution in [0.5, 0.6) is 0 Å². The third kappa shape index (κ3) is 4.16. The molecule has 0 radical (unpaired) electrons. The maximum absolute atomic E-state index is 13.0. The van der Waals surface area contributed by atoms with Crippen LogP contribution < -0.4 is 0 Å². The van der Waals surface area contributed by atoms with Gasteiger partial charge in [0, 0.05) is 31.2 Å². The molecular weight excluding hydrogens is 368 g/mol. The Bertz CT molecular complexity index is 831. The van der Waals surface area contributed by atoms with Crippen molar-refractivity contribution in [3.63, 3.8) is 0 Å². The predicted octanol–water partition coefficient (Wildman–Crippen LogP) is 2.25. The van der Waals surface area contributed by atoms with Crippen LogP contribution in [0.3, 0.4) is 0 Å². The van der Waals surface area contributed by atoms with Crippen molar-refractivity contribution >= 4 is 21.9 Å². The van der Waals surface area contributed by atoms with Gasteiger partial charge in [0.25, 0.3) is 5.91 Å². The molecule has 2 saturated heterocycles.